The van der Waals surface area contributed by atoms with Crippen LogP contribution >= 0.6 is 0 Å². The van der Waals surface area contributed by atoms with Crippen molar-refractivity contribution in [3.63, 3.8) is 0 Å². The number of aromatic nitrogens is 4. The van der Waals surface area contributed by atoms with Gasteiger partial charge in [-0.05, 0) is 61.6 Å². The Hall–Kier alpha value is -3.94. The Morgan fingerprint density at radius 1 is 1.14 bits per heavy atom. The van der Waals surface area contributed by atoms with Crippen molar-refractivity contribution in [2.75, 3.05) is 18.4 Å². The molecule has 1 unspecified atom stereocenters. The molecule has 1 fully saturated rings. The summed E-state index contributed by atoms with van der Waals surface area (Å²) >= 11 is 0. The van der Waals surface area contributed by atoms with E-state index < -0.39 is 0 Å². The van der Waals surface area contributed by atoms with Gasteiger partial charge in [-0.3, -0.25) is 14.3 Å². The number of imidazole rings is 1. The Balaban J connectivity index is 1.22. The van der Waals surface area contributed by atoms with E-state index in [1.807, 2.05) is 70.6 Å². The molecule has 0 saturated carbocycles. The maximum Gasteiger partial charge on any atom is 0.254 e. The molecular weight excluding hydrogens is 440 g/mol. The first-order valence-corrected chi connectivity index (χ1v) is 12.2. The van der Waals surface area contributed by atoms with Crippen LogP contribution in [0.4, 0.5) is 5.69 Å². The number of hydrogen-bond acceptors (Lipinski definition) is 4. The summed E-state index contributed by atoms with van der Waals surface area (Å²) in [5.74, 6) is 0.126. The van der Waals surface area contributed by atoms with Gasteiger partial charge in [-0.25, -0.2) is 4.98 Å². The Bertz CT molecular complexity index is 1330. The van der Waals surface area contributed by atoms with E-state index >= 15 is 0 Å². The standard InChI is InChI=1S/C27H30N6O2/c1-2-31-19-28-24-16-22(10-11-25(24)31)30-26(34)15-20-7-5-13-32(17-20)27(35)23-9-4-3-8-21(23)18-33-14-6-12-29-33/h3-4,6,8-12,14,16,19-20H,2,5,7,13,15,17-18H2,1H3,(H,30,34). The molecule has 4 aromatic rings. The number of piperidine rings is 1. The van der Waals surface area contributed by atoms with E-state index in [2.05, 4.69) is 26.9 Å². The number of nitrogens with one attached hydrogen (secondary N) is 1. The molecule has 0 radical (unpaired) electrons. The third-order valence-electron chi connectivity index (χ3n) is 6.67. The van der Waals surface area contributed by atoms with Crippen molar-refractivity contribution >= 4 is 28.5 Å². The molecule has 2 amide bonds. The van der Waals surface area contributed by atoms with Crippen molar-refractivity contribution < 1.29 is 9.59 Å². The molecule has 5 rings (SSSR count). The van der Waals surface area contributed by atoms with Gasteiger partial charge in [0.1, 0.15) is 0 Å². The number of fused-ring (bicyclic) bond motifs is 1. The fourth-order valence-corrected chi connectivity index (χ4v) is 4.89. The van der Waals surface area contributed by atoms with Crippen molar-refractivity contribution in [3.05, 3.63) is 78.4 Å². The molecule has 35 heavy (non-hydrogen) atoms. The molecule has 2 aromatic heterocycles. The maximum absolute atomic E-state index is 13.4. The van der Waals surface area contributed by atoms with Crippen LogP contribution in [0.2, 0.25) is 0 Å². The lowest BCUT2D eigenvalue weighted by Gasteiger charge is -2.33. The maximum atomic E-state index is 13.4. The predicted molar refractivity (Wildman–Crippen MR) is 135 cm³/mol. The average Bonchev–Trinajstić information content (AvgIpc) is 3.53. The number of anilines is 1. The molecular formula is C27H30N6O2. The fourth-order valence-electron chi connectivity index (χ4n) is 4.89. The van der Waals surface area contributed by atoms with Gasteiger partial charge in [0.25, 0.3) is 5.91 Å². The lowest BCUT2D eigenvalue weighted by Crippen LogP contribution is -2.41. The van der Waals surface area contributed by atoms with E-state index in [9.17, 15) is 9.59 Å². The van der Waals surface area contributed by atoms with E-state index in [1.165, 1.54) is 0 Å². The number of hydrogen-bond donors (Lipinski definition) is 1. The number of likely N-dealkylation sites (tertiary alicyclic amines) is 1. The van der Waals surface area contributed by atoms with Gasteiger partial charge in [0.15, 0.2) is 0 Å². The van der Waals surface area contributed by atoms with Crippen LogP contribution in [-0.4, -0.2) is 49.1 Å². The molecule has 1 N–H and O–H groups in total. The van der Waals surface area contributed by atoms with Gasteiger partial charge < -0.3 is 14.8 Å². The second-order valence-corrected chi connectivity index (χ2v) is 9.11. The van der Waals surface area contributed by atoms with E-state index in [0.717, 1.165) is 41.7 Å². The van der Waals surface area contributed by atoms with Crippen LogP contribution in [-0.2, 0) is 17.9 Å². The molecule has 2 aromatic carbocycles. The molecule has 0 bridgehead atoms. The highest BCUT2D eigenvalue weighted by molar-refractivity contribution is 5.96. The minimum absolute atomic E-state index is 0.0230. The third kappa shape index (κ3) is 5.11. The van der Waals surface area contributed by atoms with Crippen LogP contribution in [0.5, 0.6) is 0 Å². The first kappa shape index (κ1) is 22.8. The summed E-state index contributed by atoms with van der Waals surface area (Å²) in [4.78, 5) is 32.5. The smallest absolute Gasteiger partial charge is 0.254 e. The van der Waals surface area contributed by atoms with Crippen molar-refractivity contribution in [2.45, 2.75) is 39.3 Å². The highest BCUT2D eigenvalue weighted by Gasteiger charge is 2.27. The normalized spacial score (nSPS) is 15.9. The lowest BCUT2D eigenvalue weighted by atomic mass is 9.93. The minimum atomic E-state index is -0.0299. The molecule has 1 aliphatic rings. The summed E-state index contributed by atoms with van der Waals surface area (Å²) in [5, 5.41) is 7.28. The van der Waals surface area contributed by atoms with Crippen LogP contribution in [0.3, 0.4) is 0 Å². The highest BCUT2D eigenvalue weighted by Crippen LogP contribution is 2.24. The van der Waals surface area contributed by atoms with E-state index in [1.54, 1.807) is 6.20 Å². The summed E-state index contributed by atoms with van der Waals surface area (Å²) in [6.45, 7) is 4.78. The van der Waals surface area contributed by atoms with Crippen molar-refractivity contribution in [1.29, 1.82) is 0 Å². The van der Waals surface area contributed by atoms with Gasteiger partial charge in [0, 0.05) is 49.7 Å². The first-order valence-electron chi connectivity index (χ1n) is 12.2. The molecule has 0 aliphatic carbocycles. The molecule has 1 atom stereocenters. The summed E-state index contributed by atoms with van der Waals surface area (Å²) in [7, 11) is 0. The van der Waals surface area contributed by atoms with Gasteiger partial charge >= 0.3 is 0 Å². The van der Waals surface area contributed by atoms with Crippen molar-refractivity contribution in [1.82, 2.24) is 24.2 Å². The summed E-state index contributed by atoms with van der Waals surface area (Å²) in [5.41, 5.74) is 4.32. The molecule has 8 nitrogen and oxygen atoms in total. The Kier molecular flexibility index (Phi) is 6.61. The molecule has 8 heteroatoms. The van der Waals surface area contributed by atoms with Gasteiger partial charge in [-0.1, -0.05) is 18.2 Å². The Morgan fingerprint density at radius 2 is 2.03 bits per heavy atom. The SMILES string of the molecule is CCn1cnc2cc(NC(=O)CC3CCCN(C(=O)c4ccccc4Cn4cccn4)C3)ccc21. The van der Waals surface area contributed by atoms with Gasteiger partial charge in [-0.2, -0.15) is 5.10 Å². The zero-order valence-corrected chi connectivity index (χ0v) is 19.9. The highest BCUT2D eigenvalue weighted by atomic mass is 16.2. The molecule has 0 spiro atoms. The number of benzene rings is 2. The van der Waals surface area contributed by atoms with Crippen molar-refractivity contribution in [2.24, 2.45) is 5.92 Å². The van der Waals surface area contributed by atoms with Crippen LogP contribution < -0.4 is 5.32 Å². The zero-order chi connectivity index (χ0) is 24.2. The van der Waals surface area contributed by atoms with E-state index in [4.69, 9.17) is 0 Å². The second-order valence-electron chi connectivity index (χ2n) is 9.11. The first-order chi connectivity index (χ1) is 17.1. The fraction of sp³-hybridized carbons (Fsp3) is 0.333. The summed E-state index contributed by atoms with van der Waals surface area (Å²) < 4.78 is 3.89. The Morgan fingerprint density at radius 3 is 2.86 bits per heavy atom. The number of carbonyl (C=O) groups excluding carboxylic acids is 2. The van der Waals surface area contributed by atoms with Gasteiger partial charge in [-0.15, -0.1) is 0 Å². The topological polar surface area (TPSA) is 85.0 Å². The largest absolute Gasteiger partial charge is 0.338 e. The molecule has 180 valence electrons. The average molecular weight is 471 g/mol. The Labute approximate surface area is 204 Å². The number of rotatable bonds is 7. The summed E-state index contributed by atoms with van der Waals surface area (Å²) in [6, 6.07) is 15.4. The van der Waals surface area contributed by atoms with E-state index in [-0.39, 0.29) is 17.7 Å². The predicted octanol–water partition coefficient (Wildman–Crippen LogP) is 4.18. The monoisotopic (exact) mass is 470 g/mol. The zero-order valence-electron chi connectivity index (χ0n) is 19.9. The quantitative estimate of drug-likeness (QED) is 0.439. The number of aryl methyl sites for hydroxylation is 1. The van der Waals surface area contributed by atoms with Crippen LogP contribution in [0, 0.1) is 5.92 Å². The van der Waals surface area contributed by atoms with Crippen molar-refractivity contribution in [3.8, 4) is 0 Å². The summed E-state index contributed by atoms with van der Waals surface area (Å²) in [6.07, 6.45) is 7.67. The van der Waals surface area contributed by atoms with Crippen LogP contribution in [0.15, 0.2) is 67.3 Å². The molecule has 1 aliphatic heterocycles. The van der Waals surface area contributed by atoms with Gasteiger partial charge in [0.05, 0.1) is 23.9 Å². The van der Waals surface area contributed by atoms with Crippen LogP contribution in [0.1, 0.15) is 42.1 Å². The minimum Gasteiger partial charge on any atom is -0.338 e. The van der Waals surface area contributed by atoms with Gasteiger partial charge in [0.2, 0.25) is 5.91 Å². The molecule has 1 saturated heterocycles. The van der Waals surface area contributed by atoms with E-state index in [0.29, 0.717) is 31.6 Å². The number of amides is 2. The number of carbonyl (C=O) groups is 2. The molecule has 3 heterocycles. The number of nitrogens with zero attached hydrogens (tertiary/aromatic N) is 5. The second kappa shape index (κ2) is 10.1. The van der Waals surface area contributed by atoms with Crippen LogP contribution in [0.25, 0.3) is 11.0 Å². The third-order valence-corrected chi connectivity index (χ3v) is 6.67. The lowest BCUT2D eigenvalue weighted by molar-refractivity contribution is -0.117.